The monoisotopic (exact) mass is 192 g/mol. The highest BCUT2D eigenvalue weighted by Gasteiger charge is 2.01. The van der Waals surface area contributed by atoms with Crippen LogP contribution >= 0.6 is 0 Å². The lowest BCUT2D eigenvalue weighted by Gasteiger charge is -2.11. The Hall–Kier alpha value is -0.980. The highest BCUT2D eigenvalue weighted by atomic mass is 16.5. The Morgan fingerprint density at radius 2 is 1.71 bits per heavy atom. The Kier molecular flexibility index (Phi) is 3.99. The summed E-state index contributed by atoms with van der Waals surface area (Å²) < 4.78 is 5.72. The van der Waals surface area contributed by atoms with Crippen LogP contribution in [0.4, 0.5) is 0 Å². The molecule has 0 aromatic heterocycles. The molecule has 0 aliphatic carbocycles. The quantitative estimate of drug-likeness (QED) is 0.706. The number of benzene rings is 1. The normalized spacial score (nSPS) is 12.6. The smallest absolute Gasteiger partial charge is 0.119 e. The van der Waals surface area contributed by atoms with Gasteiger partial charge in [-0.2, -0.15) is 0 Å². The molecule has 0 N–H and O–H groups in total. The average Bonchev–Trinajstić information content (AvgIpc) is 2.12. The lowest BCUT2D eigenvalue weighted by atomic mass is 10.1. The lowest BCUT2D eigenvalue weighted by Crippen LogP contribution is -2.07. The second-order valence-electron chi connectivity index (χ2n) is 4.15. The summed E-state index contributed by atoms with van der Waals surface area (Å²) in [7, 11) is 0. The fraction of sp³-hybridized carbons (Fsp3) is 0.538. The van der Waals surface area contributed by atoms with E-state index < -0.39 is 0 Å². The summed E-state index contributed by atoms with van der Waals surface area (Å²) in [5.41, 5.74) is 2.54. The molecule has 0 spiro atoms. The second kappa shape index (κ2) is 5.04. The molecule has 78 valence electrons. The van der Waals surface area contributed by atoms with E-state index in [0.717, 1.165) is 12.4 Å². The fourth-order valence-electron chi connectivity index (χ4n) is 1.37. The molecule has 1 heteroatoms. The molecule has 0 amide bonds. The predicted molar refractivity (Wildman–Crippen MR) is 60.9 cm³/mol. The Morgan fingerprint density at radius 3 is 2.21 bits per heavy atom. The summed E-state index contributed by atoms with van der Waals surface area (Å²) in [5, 5.41) is 0. The van der Waals surface area contributed by atoms with E-state index in [2.05, 4.69) is 45.9 Å². The third-order valence-corrected chi connectivity index (χ3v) is 2.43. The van der Waals surface area contributed by atoms with E-state index in [1.165, 1.54) is 17.5 Å². The molecule has 1 aromatic carbocycles. The summed E-state index contributed by atoms with van der Waals surface area (Å²) in [6.45, 7) is 9.42. The maximum Gasteiger partial charge on any atom is 0.119 e. The van der Waals surface area contributed by atoms with Crippen molar-refractivity contribution < 1.29 is 4.74 Å². The lowest BCUT2D eigenvalue weighted by molar-refractivity contribution is 0.256. The highest BCUT2D eigenvalue weighted by Crippen LogP contribution is 2.17. The Morgan fingerprint density at radius 1 is 1.14 bits per heavy atom. The van der Waals surface area contributed by atoms with Crippen molar-refractivity contribution in [2.24, 2.45) is 5.92 Å². The van der Waals surface area contributed by atoms with Gasteiger partial charge in [0.05, 0.1) is 6.61 Å². The molecule has 0 heterocycles. The van der Waals surface area contributed by atoms with Crippen molar-refractivity contribution in [3.63, 3.8) is 0 Å². The van der Waals surface area contributed by atoms with Crippen molar-refractivity contribution in [2.45, 2.75) is 34.1 Å². The molecule has 14 heavy (non-hydrogen) atoms. The van der Waals surface area contributed by atoms with Crippen LogP contribution in [0.1, 0.15) is 31.4 Å². The van der Waals surface area contributed by atoms with Gasteiger partial charge in [-0.05, 0) is 43.0 Å². The minimum atomic E-state index is 0.635. The Balaban J connectivity index is 2.58. The first-order valence-corrected chi connectivity index (χ1v) is 5.33. The Labute approximate surface area is 87.1 Å². The van der Waals surface area contributed by atoms with E-state index in [4.69, 9.17) is 4.74 Å². The van der Waals surface area contributed by atoms with Crippen LogP contribution in [0.5, 0.6) is 5.75 Å². The van der Waals surface area contributed by atoms with Gasteiger partial charge >= 0.3 is 0 Å². The summed E-state index contributed by atoms with van der Waals surface area (Å²) >= 11 is 0. The van der Waals surface area contributed by atoms with Crippen molar-refractivity contribution >= 4 is 0 Å². The van der Waals surface area contributed by atoms with Gasteiger partial charge in [0.2, 0.25) is 0 Å². The maximum atomic E-state index is 5.72. The van der Waals surface area contributed by atoms with Crippen molar-refractivity contribution in [1.29, 1.82) is 0 Å². The summed E-state index contributed by atoms with van der Waals surface area (Å²) in [6, 6.07) is 6.35. The SMILES string of the molecule is CCC(C)COc1cc(C)cc(C)c1. The van der Waals surface area contributed by atoms with Crippen LogP contribution in [0, 0.1) is 19.8 Å². The number of aryl methyl sites for hydroxylation is 2. The number of hydrogen-bond acceptors (Lipinski definition) is 1. The molecule has 0 radical (unpaired) electrons. The first kappa shape index (κ1) is 11.1. The molecule has 0 saturated heterocycles. The zero-order valence-corrected chi connectivity index (χ0v) is 9.63. The van der Waals surface area contributed by atoms with Gasteiger partial charge in [-0.1, -0.05) is 26.3 Å². The molecular formula is C13H20O. The van der Waals surface area contributed by atoms with Gasteiger partial charge in [-0.25, -0.2) is 0 Å². The van der Waals surface area contributed by atoms with Crippen LogP contribution in [0.15, 0.2) is 18.2 Å². The molecule has 0 bridgehead atoms. The standard InChI is InChI=1S/C13H20O/c1-5-10(2)9-14-13-7-11(3)6-12(4)8-13/h6-8,10H,5,9H2,1-4H3. The number of hydrogen-bond donors (Lipinski definition) is 0. The van der Waals surface area contributed by atoms with Crippen molar-refractivity contribution in [1.82, 2.24) is 0 Å². The van der Waals surface area contributed by atoms with E-state index in [1.54, 1.807) is 0 Å². The highest BCUT2D eigenvalue weighted by molar-refractivity contribution is 5.32. The van der Waals surface area contributed by atoms with Crippen LogP contribution in [0.2, 0.25) is 0 Å². The van der Waals surface area contributed by atoms with Crippen LogP contribution < -0.4 is 4.74 Å². The van der Waals surface area contributed by atoms with Gasteiger partial charge in [-0.15, -0.1) is 0 Å². The fourth-order valence-corrected chi connectivity index (χ4v) is 1.37. The molecule has 0 aliphatic rings. The van der Waals surface area contributed by atoms with Crippen LogP contribution in [0.3, 0.4) is 0 Å². The zero-order valence-electron chi connectivity index (χ0n) is 9.63. The average molecular weight is 192 g/mol. The molecule has 0 saturated carbocycles. The van der Waals surface area contributed by atoms with Gasteiger partial charge in [0.1, 0.15) is 5.75 Å². The van der Waals surface area contributed by atoms with E-state index in [1.807, 2.05) is 0 Å². The molecule has 0 aliphatic heterocycles. The van der Waals surface area contributed by atoms with Gasteiger partial charge in [0.15, 0.2) is 0 Å². The molecule has 1 nitrogen and oxygen atoms in total. The number of ether oxygens (including phenoxy) is 1. The number of rotatable bonds is 4. The predicted octanol–water partition coefficient (Wildman–Crippen LogP) is 3.73. The van der Waals surface area contributed by atoms with Crippen molar-refractivity contribution in [2.75, 3.05) is 6.61 Å². The minimum absolute atomic E-state index is 0.635. The van der Waals surface area contributed by atoms with Gasteiger partial charge in [-0.3, -0.25) is 0 Å². The van der Waals surface area contributed by atoms with Gasteiger partial charge in [0.25, 0.3) is 0 Å². The van der Waals surface area contributed by atoms with E-state index in [9.17, 15) is 0 Å². The van der Waals surface area contributed by atoms with Crippen molar-refractivity contribution in [3.05, 3.63) is 29.3 Å². The largest absolute Gasteiger partial charge is 0.493 e. The first-order chi connectivity index (χ1) is 6.61. The second-order valence-corrected chi connectivity index (χ2v) is 4.15. The van der Waals surface area contributed by atoms with E-state index in [0.29, 0.717) is 5.92 Å². The Bertz CT molecular complexity index is 271. The van der Waals surface area contributed by atoms with Crippen molar-refractivity contribution in [3.8, 4) is 5.75 Å². The molecular weight excluding hydrogens is 172 g/mol. The van der Waals surface area contributed by atoms with Gasteiger partial charge in [0, 0.05) is 0 Å². The minimum Gasteiger partial charge on any atom is -0.493 e. The van der Waals surface area contributed by atoms with E-state index >= 15 is 0 Å². The molecule has 1 rings (SSSR count). The van der Waals surface area contributed by atoms with Crippen LogP contribution in [-0.2, 0) is 0 Å². The molecule has 1 aromatic rings. The molecule has 1 atom stereocenters. The summed E-state index contributed by atoms with van der Waals surface area (Å²) in [6.07, 6.45) is 1.17. The third-order valence-electron chi connectivity index (χ3n) is 2.43. The summed E-state index contributed by atoms with van der Waals surface area (Å²) in [4.78, 5) is 0. The van der Waals surface area contributed by atoms with Crippen LogP contribution in [-0.4, -0.2) is 6.61 Å². The topological polar surface area (TPSA) is 9.23 Å². The molecule has 0 fully saturated rings. The summed E-state index contributed by atoms with van der Waals surface area (Å²) in [5.74, 6) is 1.64. The van der Waals surface area contributed by atoms with E-state index in [-0.39, 0.29) is 0 Å². The molecule has 1 unspecified atom stereocenters. The maximum absolute atomic E-state index is 5.72. The van der Waals surface area contributed by atoms with Crippen LogP contribution in [0.25, 0.3) is 0 Å². The van der Waals surface area contributed by atoms with Gasteiger partial charge < -0.3 is 4.74 Å². The zero-order chi connectivity index (χ0) is 10.6. The first-order valence-electron chi connectivity index (χ1n) is 5.33. The third kappa shape index (κ3) is 3.41.